The van der Waals surface area contributed by atoms with Gasteiger partial charge in [-0.25, -0.2) is 0 Å². The molecule has 6 aliphatic rings. The largest absolute Gasteiger partial charge is 0.463 e. The van der Waals surface area contributed by atoms with Crippen molar-refractivity contribution in [1.29, 1.82) is 0 Å². The van der Waals surface area contributed by atoms with Crippen LogP contribution in [-0.2, 0) is 81.0 Å². The Bertz CT molecular complexity index is 2130. The Kier molecular flexibility index (Phi) is 23.0. The van der Waals surface area contributed by atoms with Gasteiger partial charge in [-0.3, -0.25) is 38.4 Å². The van der Waals surface area contributed by atoms with E-state index >= 15 is 0 Å². The van der Waals surface area contributed by atoms with Crippen molar-refractivity contribution in [1.82, 2.24) is 0 Å². The molecule has 14 unspecified atom stereocenters. The van der Waals surface area contributed by atoms with Crippen LogP contribution in [0.4, 0.5) is 0 Å². The lowest BCUT2D eigenvalue weighted by Gasteiger charge is -2.44. The number of rotatable bonds is 26. The summed E-state index contributed by atoms with van der Waals surface area (Å²) in [6.45, 7) is 20.0. The Balaban J connectivity index is 0.817. The second-order valence-electron chi connectivity index (χ2n) is 24.5. The average Bonchev–Trinajstić information content (AvgIpc) is 3.51. The molecule has 17 heteroatoms. The molecule has 14 atom stereocenters. The highest BCUT2D eigenvalue weighted by Crippen LogP contribution is 2.48. The number of carbonyl (C=O) groups excluding carboxylic acids is 8. The van der Waals surface area contributed by atoms with Crippen LogP contribution in [0.1, 0.15) is 172 Å². The summed E-state index contributed by atoms with van der Waals surface area (Å²) < 4.78 is 51.0. The van der Waals surface area contributed by atoms with Crippen LogP contribution in [0.2, 0.25) is 0 Å². The Labute approximate surface area is 468 Å². The molecule has 2 heterocycles. The first-order chi connectivity index (χ1) is 37.4. The molecule has 0 N–H and O–H groups in total. The summed E-state index contributed by atoms with van der Waals surface area (Å²) in [7, 11) is 0. The van der Waals surface area contributed by atoms with Crippen molar-refractivity contribution in [2.75, 3.05) is 26.4 Å². The van der Waals surface area contributed by atoms with Gasteiger partial charge < -0.3 is 42.6 Å². The average molecular weight is 1110 g/mol. The molecule has 0 saturated carbocycles. The number of fused-ring (bicyclic) bond motifs is 2. The zero-order chi connectivity index (χ0) is 57.6. The number of hydrogen-bond acceptors (Lipinski definition) is 17. The number of allylic oxidation sites excluding steroid dienone is 6. The van der Waals surface area contributed by atoms with E-state index in [1.165, 1.54) is 11.1 Å². The van der Waals surface area contributed by atoms with Gasteiger partial charge in [0.05, 0.1) is 62.6 Å². The Morgan fingerprint density at radius 1 is 0.519 bits per heavy atom. The highest BCUT2D eigenvalue weighted by atomic mass is 16.6. The van der Waals surface area contributed by atoms with E-state index in [-0.39, 0.29) is 136 Å². The van der Waals surface area contributed by atoms with Gasteiger partial charge in [-0.05, 0) is 126 Å². The minimum atomic E-state index is -0.685. The normalized spacial score (nSPS) is 30.5. The third kappa shape index (κ3) is 18.3. The third-order valence-electron chi connectivity index (χ3n) is 17.3. The lowest BCUT2D eigenvalue weighted by atomic mass is 9.65. The van der Waals surface area contributed by atoms with Gasteiger partial charge in [-0.1, -0.05) is 78.0 Å². The van der Waals surface area contributed by atoms with Crippen molar-refractivity contribution in [2.24, 2.45) is 58.2 Å². The molecule has 79 heavy (non-hydrogen) atoms. The molecule has 2 saturated heterocycles. The molecule has 2 fully saturated rings. The molecule has 0 spiro atoms. The molecule has 4 aliphatic carbocycles. The van der Waals surface area contributed by atoms with Gasteiger partial charge in [0.25, 0.3) is 0 Å². The molecule has 0 aromatic carbocycles. The molecule has 2 aliphatic heterocycles. The zero-order valence-electron chi connectivity index (χ0n) is 48.6. The molecule has 0 amide bonds. The SMILES string of the molecule is CCC(C)(C)C(=O)OC1CC(C)C=C2C=CC(C)C(CCC3CC(OC(=O)CCC(=O)OCCOCCOC(=O)CCC(=O)OC4CC(=O)OC(CCC5C(C)C=CC6=CC(C)CC(OC(=O)C(C)(C)CC)C65)C4)CC(=O)O3)C21. The minimum absolute atomic E-state index is 0.00877. The maximum Gasteiger partial charge on any atom is 0.311 e. The van der Waals surface area contributed by atoms with Crippen LogP contribution in [0.15, 0.2) is 47.6 Å². The van der Waals surface area contributed by atoms with Gasteiger partial charge in [0.2, 0.25) is 0 Å². The van der Waals surface area contributed by atoms with Crippen LogP contribution in [-0.4, -0.2) is 111 Å². The van der Waals surface area contributed by atoms with E-state index in [9.17, 15) is 38.4 Å². The predicted molar refractivity (Wildman–Crippen MR) is 290 cm³/mol. The molecular weight excluding hydrogens is 1020 g/mol. The fraction of sp³-hybridized carbons (Fsp3) is 0.742. The summed E-state index contributed by atoms with van der Waals surface area (Å²) in [5.41, 5.74) is 1.19. The van der Waals surface area contributed by atoms with Crippen LogP contribution in [0.5, 0.6) is 0 Å². The number of cyclic esters (lactones) is 2. The van der Waals surface area contributed by atoms with Gasteiger partial charge in [0.15, 0.2) is 0 Å². The monoisotopic (exact) mass is 1110 g/mol. The number of hydrogen-bond donors (Lipinski definition) is 0. The number of ether oxygens (including phenoxy) is 9. The van der Waals surface area contributed by atoms with Crippen molar-refractivity contribution < 1.29 is 81.0 Å². The number of carbonyl (C=O) groups is 8. The first-order valence-corrected chi connectivity index (χ1v) is 29.3. The molecule has 0 aromatic heterocycles. The van der Waals surface area contributed by atoms with E-state index in [0.717, 1.165) is 25.7 Å². The second kappa shape index (κ2) is 28.9. The standard InChI is InChI=1S/C62H90O17/c1-11-61(7,8)59(69)78-49-31-37(3)29-41-15-13-39(5)47(57(41)49)19-17-43-33-45(35-55(67)74-43)76-53(65)23-21-51(63)72-27-25-71-26-28-73-52(64)22-24-54(66)77-46-34-44(75-56(68)36-46)18-20-48-40(6)14-16-42-30-38(4)32-50(58(42)48)79-60(70)62(9,10)12-2/h13-16,29-30,37-40,43-50,57-58H,11-12,17-28,31-36H2,1-10H3. The van der Waals surface area contributed by atoms with E-state index in [1.807, 2.05) is 41.5 Å². The molecular formula is C62H90O17. The molecule has 0 aromatic rings. The summed E-state index contributed by atoms with van der Waals surface area (Å²) in [6.07, 6.45) is 15.4. The maximum absolute atomic E-state index is 13.2. The van der Waals surface area contributed by atoms with Gasteiger partial charge in [-0.2, -0.15) is 0 Å². The fourth-order valence-corrected chi connectivity index (χ4v) is 11.9. The molecule has 0 radical (unpaired) electrons. The molecule has 0 bridgehead atoms. The van der Waals surface area contributed by atoms with E-state index < -0.39 is 71.1 Å². The lowest BCUT2D eigenvalue weighted by Crippen LogP contribution is -2.43. The minimum Gasteiger partial charge on any atom is -0.463 e. The zero-order valence-corrected chi connectivity index (χ0v) is 48.6. The first-order valence-electron chi connectivity index (χ1n) is 29.3. The molecule has 6 rings (SSSR count). The van der Waals surface area contributed by atoms with Gasteiger partial charge >= 0.3 is 47.8 Å². The van der Waals surface area contributed by atoms with Gasteiger partial charge in [-0.15, -0.1) is 0 Å². The van der Waals surface area contributed by atoms with Crippen molar-refractivity contribution in [2.45, 2.75) is 209 Å². The van der Waals surface area contributed by atoms with Crippen LogP contribution >= 0.6 is 0 Å². The summed E-state index contributed by atoms with van der Waals surface area (Å²) in [6, 6.07) is 0. The summed E-state index contributed by atoms with van der Waals surface area (Å²) in [5.74, 6) is -2.50. The van der Waals surface area contributed by atoms with E-state index in [2.05, 4.69) is 64.2 Å². The van der Waals surface area contributed by atoms with E-state index in [4.69, 9.17) is 42.6 Å². The predicted octanol–water partition coefficient (Wildman–Crippen LogP) is 9.95. The number of esters is 8. The van der Waals surface area contributed by atoms with E-state index in [0.29, 0.717) is 38.5 Å². The lowest BCUT2D eigenvalue weighted by molar-refractivity contribution is -0.172. The Morgan fingerprint density at radius 2 is 0.899 bits per heavy atom. The van der Waals surface area contributed by atoms with Crippen LogP contribution in [0.3, 0.4) is 0 Å². The quantitative estimate of drug-likeness (QED) is 0.0447. The van der Waals surface area contributed by atoms with Crippen molar-refractivity contribution in [3.05, 3.63) is 47.6 Å². The van der Waals surface area contributed by atoms with Crippen molar-refractivity contribution in [3.8, 4) is 0 Å². The third-order valence-corrected chi connectivity index (χ3v) is 17.3. The van der Waals surface area contributed by atoms with E-state index in [1.54, 1.807) is 0 Å². The Morgan fingerprint density at radius 3 is 1.28 bits per heavy atom. The van der Waals surface area contributed by atoms with Crippen LogP contribution in [0.25, 0.3) is 0 Å². The molecule has 440 valence electrons. The highest BCUT2D eigenvalue weighted by Gasteiger charge is 2.46. The highest BCUT2D eigenvalue weighted by molar-refractivity contribution is 5.79. The first kappa shape index (κ1) is 62.9. The topological polar surface area (TPSA) is 220 Å². The summed E-state index contributed by atoms with van der Waals surface area (Å²) in [4.78, 5) is 102. The maximum atomic E-state index is 13.2. The Hall–Kier alpha value is -5.32. The summed E-state index contributed by atoms with van der Waals surface area (Å²) in [5, 5.41) is 0. The smallest absolute Gasteiger partial charge is 0.311 e. The van der Waals surface area contributed by atoms with Gasteiger partial charge in [0, 0.05) is 24.7 Å². The second-order valence-corrected chi connectivity index (χ2v) is 24.5. The van der Waals surface area contributed by atoms with Crippen molar-refractivity contribution >= 4 is 47.8 Å². The molecule has 17 nitrogen and oxygen atoms in total. The van der Waals surface area contributed by atoms with Crippen LogP contribution < -0.4 is 0 Å². The van der Waals surface area contributed by atoms with Gasteiger partial charge in [0.1, 0.15) is 49.8 Å². The van der Waals surface area contributed by atoms with Crippen LogP contribution in [0, 0.1) is 58.2 Å². The fourth-order valence-electron chi connectivity index (χ4n) is 11.9. The van der Waals surface area contributed by atoms with Crippen molar-refractivity contribution in [3.63, 3.8) is 0 Å². The summed E-state index contributed by atoms with van der Waals surface area (Å²) >= 11 is 0.